The van der Waals surface area contributed by atoms with Crippen molar-refractivity contribution in [3.05, 3.63) is 89.0 Å². The summed E-state index contributed by atoms with van der Waals surface area (Å²) < 4.78 is 15.1. The summed E-state index contributed by atoms with van der Waals surface area (Å²) in [6.07, 6.45) is 3.96. The monoisotopic (exact) mass is 425 g/mol. The van der Waals surface area contributed by atoms with Gasteiger partial charge in [-0.2, -0.15) is 0 Å². The zero-order valence-electron chi connectivity index (χ0n) is 17.3. The number of aromatic nitrogens is 1. The van der Waals surface area contributed by atoms with E-state index in [9.17, 15) is 14.3 Å². The smallest absolute Gasteiger partial charge is 0.276 e. The average molecular weight is 425 g/mol. The Morgan fingerprint density at radius 2 is 1.97 bits per heavy atom. The molecule has 0 fully saturated rings. The molecule has 0 spiro atoms. The Labute approximate surface area is 179 Å². The Hall–Kier alpha value is -3.65. The Kier molecular flexibility index (Phi) is 7.40. The summed E-state index contributed by atoms with van der Waals surface area (Å²) in [4.78, 5) is 22.5. The number of nitrogens with zero attached hydrogens (tertiary/aromatic N) is 2. The van der Waals surface area contributed by atoms with Crippen LogP contribution in [-0.2, 0) is 22.6 Å². The molecule has 0 aliphatic heterocycles. The molecule has 3 aromatic rings. The molecule has 0 aliphatic rings. The summed E-state index contributed by atoms with van der Waals surface area (Å²) in [7, 11) is 1.36. The number of carbonyl (C=O) groups excluding carboxylic acids is 1. The van der Waals surface area contributed by atoms with Crippen LogP contribution in [0.25, 0.3) is 0 Å². The van der Waals surface area contributed by atoms with Crippen LogP contribution in [0.5, 0.6) is 5.75 Å². The molecule has 1 amide bonds. The lowest BCUT2D eigenvalue weighted by Crippen LogP contribution is -2.22. The Balaban J connectivity index is 1.93. The first-order valence-corrected chi connectivity index (χ1v) is 9.74. The van der Waals surface area contributed by atoms with Crippen molar-refractivity contribution in [2.75, 3.05) is 13.7 Å². The van der Waals surface area contributed by atoms with Gasteiger partial charge in [-0.1, -0.05) is 29.4 Å². The van der Waals surface area contributed by atoms with E-state index in [1.807, 2.05) is 23.8 Å². The molecule has 0 atom stereocenters. The van der Waals surface area contributed by atoms with Crippen molar-refractivity contribution in [1.29, 1.82) is 0 Å². The third-order valence-electron chi connectivity index (χ3n) is 4.53. The highest BCUT2D eigenvalue weighted by atomic mass is 19.1. The van der Waals surface area contributed by atoms with Gasteiger partial charge in [-0.05, 0) is 48.7 Å². The third kappa shape index (κ3) is 5.93. The van der Waals surface area contributed by atoms with Gasteiger partial charge in [-0.15, -0.1) is 0 Å². The maximum atomic E-state index is 13.2. The molecule has 0 aliphatic carbocycles. The van der Waals surface area contributed by atoms with E-state index in [-0.39, 0.29) is 17.5 Å². The molecule has 2 aromatic carbocycles. The van der Waals surface area contributed by atoms with Gasteiger partial charge in [0.05, 0.1) is 19.2 Å². The highest BCUT2D eigenvalue weighted by molar-refractivity contribution is 6.00. The highest BCUT2D eigenvalue weighted by Gasteiger charge is 2.17. The van der Waals surface area contributed by atoms with Crippen LogP contribution in [0.15, 0.2) is 66.1 Å². The number of phenolic OH excluding ortho intramolecular Hbond substituents is 1. The molecule has 0 saturated heterocycles. The van der Waals surface area contributed by atoms with Gasteiger partial charge in [0.25, 0.3) is 5.91 Å². The van der Waals surface area contributed by atoms with Gasteiger partial charge in [0.15, 0.2) is 0 Å². The molecule has 7 nitrogen and oxygen atoms in total. The summed E-state index contributed by atoms with van der Waals surface area (Å²) in [5.41, 5.74) is 5.65. The number of carbonyl (C=O) groups is 1. The zero-order chi connectivity index (χ0) is 22.2. The fourth-order valence-corrected chi connectivity index (χ4v) is 3.14. The number of halogens is 1. The Morgan fingerprint density at radius 3 is 2.65 bits per heavy atom. The summed E-state index contributed by atoms with van der Waals surface area (Å²) in [5, 5.41) is 14.0. The maximum absolute atomic E-state index is 13.2. The van der Waals surface area contributed by atoms with E-state index < -0.39 is 0 Å². The minimum atomic E-state index is -0.390. The second-order valence-corrected chi connectivity index (χ2v) is 6.81. The van der Waals surface area contributed by atoms with Crippen molar-refractivity contribution < 1.29 is 24.0 Å². The predicted molar refractivity (Wildman–Crippen MR) is 114 cm³/mol. The first-order valence-electron chi connectivity index (χ1n) is 9.74. The summed E-state index contributed by atoms with van der Waals surface area (Å²) in [5.74, 6) is -0.591. The number of hydrogen-bond acceptors (Lipinski definition) is 5. The lowest BCUT2D eigenvalue weighted by Gasteiger charge is -2.08. The predicted octanol–water partition coefficient (Wildman–Crippen LogP) is 3.66. The number of oxime groups is 1. The number of hydrogen-bond donors (Lipinski definition) is 2. The van der Waals surface area contributed by atoms with E-state index in [0.29, 0.717) is 36.4 Å². The number of aromatic hydroxyl groups is 1. The minimum absolute atomic E-state index is 0.117. The topological polar surface area (TPSA) is 85.1 Å². The molecule has 2 N–H and O–H groups in total. The van der Waals surface area contributed by atoms with E-state index in [2.05, 4.69) is 10.6 Å². The van der Waals surface area contributed by atoms with Crippen molar-refractivity contribution >= 4 is 11.6 Å². The SMILES string of the molecule is CCO/N=C(\Cn1cc(Cc2ccc(F)cc2)c(C(=O)NOC)c1)c1cccc(O)c1. The van der Waals surface area contributed by atoms with Gasteiger partial charge < -0.3 is 14.5 Å². The van der Waals surface area contributed by atoms with Crippen molar-refractivity contribution in [3.8, 4) is 5.75 Å². The first kappa shape index (κ1) is 22.0. The van der Waals surface area contributed by atoms with Crippen molar-refractivity contribution in [1.82, 2.24) is 10.0 Å². The fourth-order valence-electron chi connectivity index (χ4n) is 3.14. The molecular weight excluding hydrogens is 401 g/mol. The van der Waals surface area contributed by atoms with Crippen molar-refractivity contribution in [2.45, 2.75) is 19.9 Å². The third-order valence-corrected chi connectivity index (χ3v) is 4.53. The van der Waals surface area contributed by atoms with E-state index >= 15 is 0 Å². The maximum Gasteiger partial charge on any atom is 0.276 e. The van der Waals surface area contributed by atoms with Crippen LogP contribution >= 0.6 is 0 Å². The van der Waals surface area contributed by atoms with E-state index in [4.69, 9.17) is 9.68 Å². The normalized spacial score (nSPS) is 11.4. The van der Waals surface area contributed by atoms with Crippen LogP contribution in [0.2, 0.25) is 0 Å². The van der Waals surface area contributed by atoms with Crippen LogP contribution in [0.1, 0.15) is 34.0 Å². The van der Waals surface area contributed by atoms with Crippen molar-refractivity contribution in [3.63, 3.8) is 0 Å². The van der Waals surface area contributed by atoms with Crippen molar-refractivity contribution in [2.24, 2.45) is 5.16 Å². The molecule has 8 heteroatoms. The number of hydroxylamine groups is 1. The molecule has 31 heavy (non-hydrogen) atoms. The van der Waals surface area contributed by atoms with Gasteiger partial charge in [-0.3, -0.25) is 9.63 Å². The van der Waals surface area contributed by atoms with E-state index in [0.717, 1.165) is 11.1 Å². The van der Waals surface area contributed by atoms with Crippen LogP contribution in [0.3, 0.4) is 0 Å². The summed E-state index contributed by atoms with van der Waals surface area (Å²) in [6.45, 7) is 2.53. The quantitative estimate of drug-likeness (QED) is 0.405. The Bertz CT molecular complexity index is 1060. The average Bonchev–Trinajstić information content (AvgIpc) is 3.15. The lowest BCUT2D eigenvalue weighted by molar-refractivity contribution is 0.0537. The molecule has 1 heterocycles. The summed E-state index contributed by atoms with van der Waals surface area (Å²) >= 11 is 0. The number of phenols is 1. The molecule has 3 rings (SSSR count). The van der Waals surface area contributed by atoms with Crippen LogP contribution in [0.4, 0.5) is 4.39 Å². The number of amides is 1. The standard InChI is InChI=1S/C23H24FN3O4/c1-3-31-25-22(17-5-4-6-20(28)12-17)15-27-13-18(21(14-27)23(29)26-30-2)11-16-7-9-19(24)10-8-16/h4-10,12-14,28H,3,11,15H2,1-2H3,(H,26,29)/b25-22+. The fraction of sp³-hybridized carbons (Fsp3) is 0.217. The van der Waals surface area contributed by atoms with E-state index in [1.54, 1.807) is 36.5 Å². The number of nitrogens with one attached hydrogen (secondary N) is 1. The molecule has 0 saturated carbocycles. The largest absolute Gasteiger partial charge is 0.508 e. The second kappa shape index (κ2) is 10.4. The van der Waals surface area contributed by atoms with Crippen LogP contribution in [0, 0.1) is 5.82 Å². The molecule has 0 radical (unpaired) electrons. The highest BCUT2D eigenvalue weighted by Crippen LogP contribution is 2.19. The van der Waals surface area contributed by atoms with Gasteiger partial charge in [0.1, 0.15) is 23.9 Å². The number of rotatable bonds is 9. The van der Waals surface area contributed by atoms with Gasteiger partial charge in [0, 0.05) is 18.0 Å². The second-order valence-electron chi connectivity index (χ2n) is 6.81. The zero-order valence-corrected chi connectivity index (χ0v) is 17.3. The molecule has 1 aromatic heterocycles. The lowest BCUT2D eigenvalue weighted by atomic mass is 10.0. The minimum Gasteiger partial charge on any atom is -0.508 e. The summed E-state index contributed by atoms with van der Waals surface area (Å²) in [6, 6.07) is 12.8. The van der Waals surface area contributed by atoms with Gasteiger partial charge in [0.2, 0.25) is 0 Å². The Morgan fingerprint density at radius 1 is 1.19 bits per heavy atom. The van der Waals surface area contributed by atoms with Crippen LogP contribution in [-0.4, -0.2) is 35.0 Å². The molecular formula is C23H24FN3O4. The van der Waals surface area contributed by atoms with Crippen LogP contribution < -0.4 is 5.48 Å². The van der Waals surface area contributed by atoms with E-state index in [1.165, 1.54) is 19.2 Å². The number of benzene rings is 2. The van der Waals surface area contributed by atoms with Gasteiger partial charge >= 0.3 is 0 Å². The molecule has 0 unspecified atom stereocenters. The first-order chi connectivity index (χ1) is 15.0. The van der Waals surface area contributed by atoms with Gasteiger partial charge in [-0.25, -0.2) is 9.87 Å². The molecule has 162 valence electrons. The molecule has 0 bridgehead atoms.